The van der Waals surface area contributed by atoms with E-state index >= 15 is 0 Å². The van der Waals surface area contributed by atoms with Gasteiger partial charge in [0.1, 0.15) is 12.1 Å². The molecule has 1 spiro atoms. The molecule has 206 valence electrons. The van der Waals surface area contributed by atoms with Crippen LogP contribution in [-0.2, 0) is 25.8 Å². The number of piperidine rings is 1. The van der Waals surface area contributed by atoms with Crippen LogP contribution < -0.4 is 4.90 Å². The van der Waals surface area contributed by atoms with Crippen LogP contribution in [0.15, 0.2) is 59.5 Å². The van der Waals surface area contributed by atoms with Crippen molar-refractivity contribution in [2.75, 3.05) is 44.3 Å². The van der Waals surface area contributed by atoms with Crippen LogP contribution in [0.25, 0.3) is 0 Å². The topological polar surface area (TPSA) is 81.2 Å². The number of benzene rings is 2. The van der Waals surface area contributed by atoms with Crippen molar-refractivity contribution < 1.29 is 31.2 Å². The molecule has 2 aromatic rings. The number of sulfonamides is 1. The van der Waals surface area contributed by atoms with E-state index in [2.05, 4.69) is 0 Å². The lowest BCUT2D eigenvalue weighted by atomic mass is 9.86. The molecule has 4 rings (SSSR count). The predicted octanol–water partition coefficient (Wildman–Crippen LogP) is 3.40. The molecule has 0 bridgehead atoms. The number of alkyl halides is 3. The highest BCUT2D eigenvalue weighted by Crippen LogP contribution is 2.41. The zero-order valence-corrected chi connectivity index (χ0v) is 22.1. The van der Waals surface area contributed by atoms with Crippen molar-refractivity contribution in [3.63, 3.8) is 0 Å². The summed E-state index contributed by atoms with van der Waals surface area (Å²) in [5.74, 6) is -0.420. The van der Waals surface area contributed by atoms with Gasteiger partial charge in [0.25, 0.3) is 0 Å². The number of para-hydroxylation sites is 1. The molecule has 0 radical (unpaired) electrons. The number of nitrogens with zero attached hydrogens (tertiary/aromatic N) is 4. The fourth-order valence-corrected chi connectivity index (χ4v) is 6.73. The second-order valence-electron chi connectivity index (χ2n) is 9.44. The smallest absolute Gasteiger partial charge is 0.342 e. The van der Waals surface area contributed by atoms with Crippen LogP contribution in [0, 0.1) is 0 Å². The maximum Gasteiger partial charge on any atom is 0.416 e. The van der Waals surface area contributed by atoms with Crippen molar-refractivity contribution in [1.29, 1.82) is 0 Å². The Morgan fingerprint density at radius 1 is 1.00 bits per heavy atom. The Morgan fingerprint density at radius 3 is 2.21 bits per heavy atom. The van der Waals surface area contributed by atoms with Crippen LogP contribution in [-0.4, -0.2) is 79.3 Å². The second kappa shape index (κ2) is 10.6. The third-order valence-corrected chi connectivity index (χ3v) is 9.27. The summed E-state index contributed by atoms with van der Waals surface area (Å²) in [6.45, 7) is 4.77. The Kier molecular flexibility index (Phi) is 7.76. The van der Waals surface area contributed by atoms with Gasteiger partial charge in [0.05, 0.1) is 17.1 Å². The number of carbonyl (C=O) groups is 2. The average Bonchev–Trinajstić information content (AvgIpc) is 3.16. The van der Waals surface area contributed by atoms with E-state index < -0.39 is 32.2 Å². The van der Waals surface area contributed by atoms with Crippen molar-refractivity contribution in [1.82, 2.24) is 14.1 Å². The van der Waals surface area contributed by atoms with Gasteiger partial charge >= 0.3 is 6.18 Å². The lowest BCUT2D eigenvalue weighted by molar-refractivity contribution is -0.140. The number of anilines is 1. The summed E-state index contributed by atoms with van der Waals surface area (Å²) in [6, 6.07) is 12.9. The molecule has 0 N–H and O–H groups in total. The van der Waals surface area contributed by atoms with Gasteiger partial charge in [-0.05, 0) is 57.0 Å². The van der Waals surface area contributed by atoms with Gasteiger partial charge in [-0.25, -0.2) is 8.42 Å². The number of amides is 2. The Morgan fingerprint density at radius 2 is 1.63 bits per heavy atom. The molecule has 2 amide bonds. The van der Waals surface area contributed by atoms with E-state index in [1.54, 1.807) is 4.90 Å². The van der Waals surface area contributed by atoms with E-state index in [1.807, 2.05) is 49.1 Å². The fourth-order valence-electron chi connectivity index (χ4n) is 5.24. The average molecular weight is 553 g/mol. The summed E-state index contributed by atoms with van der Waals surface area (Å²) in [7, 11) is -4.21. The molecule has 8 nitrogen and oxygen atoms in total. The summed E-state index contributed by atoms with van der Waals surface area (Å²) in [6.07, 6.45) is -4.40. The maximum atomic E-state index is 13.8. The summed E-state index contributed by atoms with van der Waals surface area (Å²) in [4.78, 5) is 31.2. The highest BCUT2D eigenvalue weighted by Gasteiger charge is 2.55. The van der Waals surface area contributed by atoms with Crippen LogP contribution >= 0.6 is 0 Å². The zero-order valence-electron chi connectivity index (χ0n) is 21.3. The largest absolute Gasteiger partial charge is 0.416 e. The Hall–Kier alpha value is -3.12. The van der Waals surface area contributed by atoms with E-state index in [0.717, 1.165) is 28.2 Å². The van der Waals surface area contributed by atoms with Gasteiger partial charge in [0, 0.05) is 31.9 Å². The van der Waals surface area contributed by atoms with Crippen LogP contribution in [0.2, 0.25) is 0 Å². The molecule has 2 aromatic carbocycles. The van der Waals surface area contributed by atoms with Crippen LogP contribution in [0.3, 0.4) is 0 Å². The number of rotatable bonds is 7. The monoisotopic (exact) mass is 552 g/mol. The molecule has 0 atom stereocenters. The third-order valence-electron chi connectivity index (χ3n) is 7.37. The number of halogens is 3. The van der Waals surface area contributed by atoms with E-state index in [-0.39, 0.29) is 51.0 Å². The van der Waals surface area contributed by atoms with Crippen LogP contribution in [0.1, 0.15) is 32.3 Å². The lowest BCUT2D eigenvalue weighted by Gasteiger charge is -2.42. The lowest BCUT2D eigenvalue weighted by Crippen LogP contribution is -2.57. The van der Waals surface area contributed by atoms with Gasteiger partial charge in [-0.3, -0.25) is 9.59 Å². The molecule has 2 aliphatic heterocycles. The van der Waals surface area contributed by atoms with Gasteiger partial charge in [0.2, 0.25) is 21.8 Å². The van der Waals surface area contributed by atoms with Crippen LogP contribution in [0.5, 0.6) is 0 Å². The summed E-state index contributed by atoms with van der Waals surface area (Å²) < 4.78 is 67.2. The minimum absolute atomic E-state index is 0.0501. The quantitative estimate of drug-likeness (QED) is 0.526. The number of hydrogen-bond donors (Lipinski definition) is 0. The molecule has 12 heteroatoms. The van der Waals surface area contributed by atoms with Crippen molar-refractivity contribution in [3.8, 4) is 0 Å². The SMILES string of the molecule is CCN(CC)C(=O)CN1CN(c2ccccc2)C2(CCN(S(=O)(=O)c3cccc(C(F)(F)F)c3)CC2)C1=O. The molecular weight excluding hydrogens is 521 g/mol. The molecular formula is C26H31F3N4O4S. The molecule has 0 saturated carbocycles. The van der Waals surface area contributed by atoms with Crippen molar-refractivity contribution in [3.05, 3.63) is 60.2 Å². The predicted molar refractivity (Wildman–Crippen MR) is 136 cm³/mol. The molecule has 0 unspecified atom stereocenters. The fraction of sp³-hybridized carbons (Fsp3) is 0.462. The zero-order chi connectivity index (χ0) is 27.7. The molecule has 2 saturated heterocycles. The summed E-state index contributed by atoms with van der Waals surface area (Å²) in [5, 5.41) is 0. The highest BCUT2D eigenvalue weighted by molar-refractivity contribution is 7.89. The standard InChI is InChI=1S/C26H31F3N4O4S/c1-3-30(4-2)23(34)18-31-19-33(21-10-6-5-7-11-21)25(24(31)35)13-15-32(16-14-25)38(36,37)22-12-8-9-20(17-22)26(27,28)29/h5-12,17H,3-4,13-16,18-19H2,1-2H3. The first-order valence-electron chi connectivity index (χ1n) is 12.5. The summed E-state index contributed by atoms with van der Waals surface area (Å²) in [5.41, 5.74) is -1.33. The first kappa shape index (κ1) is 27.9. The minimum atomic E-state index is -4.67. The maximum absolute atomic E-state index is 13.8. The highest BCUT2D eigenvalue weighted by atomic mass is 32.2. The Labute approximate surface area is 220 Å². The molecule has 2 aliphatic rings. The van der Waals surface area contributed by atoms with Gasteiger partial charge in [0.15, 0.2) is 0 Å². The first-order chi connectivity index (χ1) is 17.9. The third kappa shape index (κ3) is 5.11. The molecule has 0 aromatic heterocycles. The van der Waals surface area contributed by atoms with E-state index in [9.17, 15) is 31.2 Å². The minimum Gasteiger partial charge on any atom is -0.342 e. The number of carbonyl (C=O) groups excluding carboxylic acids is 2. The number of hydrogen-bond acceptors (Lipinski definition) is 5. The van der Waals surface area contributed by atoms with Gasteiger partial charge in [-0.2, -0.15) is 17.5 Å². The van der Waals surface area contributed by atoms with E-state index in [1.165, 1.54) is 4.90 Å². The van der Waals surface area contributed by atoms with Gasteiger partial charge in [-0.1, -0.05) is 24.3 Å². The molecule has 2 fully saturated rings. The van der Waals surface area contributed by atoms with E-state index in [0.29, 0.717) is 19.2 Å². The molecule has 0 aliphatic carbocycles. The van der Waals surface area contributed by atoms with Gasteiger partial charge in [-0.15, -0.1) is 0 Å². The van der Waals surface area contributed by atoms with Crippen LogP contribution in [0.4, 0.5) is 18.9 Å². The molecule has 38 heavy (non-hydrogen) atoms. The first-order valence-corrected chi connectivity index (χ1v) is 14.0. The Balaban J connectivity index is 1.60. The van der Waals surface area contributed by atoms with Crippen molar-refractivity contribution in [2.45, 2.75) is 43.3 Å². The summed E-state index contributed by atoms with van der Waals surface area (Å²) >= 11 is 0. The molecule has 2 heterocycles. The Bertz CT molecular complexity index is 1270. The van der Waals surface area contributed by atoms with Gasteiger partial charge < -0.3 is 14.7 Å². The van der Waals surface area contributed by atoms with Crippen molar-refractivity contribution in [2.24, 2.45) is 0 Å². The van der Waals surface area contributed by atoms with E-state index in [4.69, 9.17) is 0 Å². The second-order valence-corrected chi connectivity index (χ2v) is 11.4. The normalized spacial score (nSPS) is 18.3. The van der Waals surface area contributed by atoms with Crippen molar-refractivity contribution >= 4 is 27.5 Å². The number of likely N-dealkylation sites (N-methyl/N-ethyl adjacent to an activating group) is 1.